The van der Waals surface area contributed by atoms with Crippen molar-refractivity contribution in [3.8, 4) is 5.75 Å². The number of phenols is 1. The van der Waals surface area contributed by atoms with Crippen LogP contribution in [0.2, 0.25) is 0 Å². The quantitative estimate of drug-likeness (QED) is 0.511. The fourth-order valence-corrected chi connectivity index (χ4v) is 4.30. The Labute approximate surface area is 203 Å². The van der Waals surface area contributed by atoms with Crippen LogP contribution in [0, 0.1) is 12.7 Å². The van der Waals surface area contributed by atoms with Crippen molar-refractivity contribution in [2.75, 3.05) is 31.1 Å². The summed E-state index contributed by atoms with van der Waals surface area (Å²) in [7, 11) is 0. The number of aromatic carboxylic acids is 1. The summed E-state index contributed by atoms with van der Waals surface area (Å²) < 4.78 is 16.4. The smallest absolute Gasteiger partial charge is 0.341 e. The van der Waals surface area contributed by atoms with E-state index < -0.39 is 17.2 Å². The Balaban J connectivity index is 0.000000221. The van der Waals surface area contributed by atoms with Crippen molar-refractivity contribution in [1.82, 2.24) is 9.88 Å². The predicted molar refractivity (Wildman–Crippen MR) is 135 cm³/mol. The number of nitrogens with one attached hydrogen (secondary N) is 1. The van der Waals surface area contributed by atoms with Crippen LogP contribution in [0.1, 0.15) is 60.1 Å². The number of aromatic nitrogens is 1. The highest BCUT2D eigenvalue weighted by Crippen LogP contribution is 2.38. The lowest BCUT2D eigenvalue weighted by Crippen LogP contribution is -2.43. The summed E-state index contributed by atoms with van der Waals surface area (Å²) >= 11 is 0. The summed E-state index contributed by atoms with van der Waals surface area (Å²) in [6.07, 6.45) is 3.29. The maximum atomic E-state index is 14.6. The summed E-state index contributed by atoms with van der Waals surface area (Å²) in [6, 6.07) is 8.92. The van der Waals surface area contributed by atoms with Crippen LogP contribution in [0.25, 0.3) is 10.9 Å². The molecule has 1 saturated heterocycles. The van der Waals surface area contributed by atoms with Crippen molar-refractivity contribution in [2.45, 2.75) is 45.6 Å². The zero-order chi connectivity index (χ0) is 25.3. The number of piperazine rings is 1. The first-order chi connectivity index (χ1) is 16.7. The van der Waals surface area contributed by atoms with E-state index in [2.05, 4.69) is 25.2 Å². The number of fused-ring (bicyclic) bond motifs is 1. The summed E-state index contributed by atoms with van der Waals surface area (Å²) in [6.45, 7) is 9.09. The Hall–Kier alpha value is -3.39. The van der Waals surface area contributed by atoms with Gasteiger partial charge in [-0.1, -0.05) is 26.0 Å². The highest BCUT2D eigenvalue weighted by Gasteiger charge is 2.28. The van der Waals surface area contributed by atoms with Crippen molar-refractivity contribution >= 4 is 22.6 Å². The minimum Gasteiger partial charge on any atom is -0.508 e. The SMILES string of the molecule is Cc1ccc(C(C)C)cc1O.O=C(O)c1cn(C2CC2)c2cc(N3CCNCC3)c(F)cc2c1=O. The van der Waals surface area contributed by atoms with Crippen molar-refractivity contribution in [2.24, 2.45) is 0 Å². The molecule has 8 heteroatoms. The van der Waals surface area contributed by atoms with Gasteiger partial charge < -0.3 is 25.0 Å². The van der Waals surface area contributed by atoms with Gasteiger partial charge in [-0.3, -0.25) is 4.79 Å². The van der Waals surface area contributed by atoms with Crippen LogP contribution in [0.5, 0.6) is 5.75 Å². The molecule has 3 aromatic rings. The molecule has 0 atom stereocenters. The minimum absolute atomic E-state index is 0.137. The van der Waals surface area contributed by atoms with Gasteiger partial charge in [0.2, 0.25) is 5.43 Å². The maximum Gasteiger partial charge on any atom is 0.341 e. The lowest BCUT2D eigenvalue weighted by Gasteiger charge is -2.30. The zero-order valence-electron chi connectivity index (χ0n) is 20.3. The molecule has 2 aromatic carbocycles. The van der Waals surface area contributed by atoms with Crippen molar-refractivity contribution in [3.05, 3.63) is 69.3 Å². The number of aryl methyl sites for hydroxylation is 1. The van der Waals surface area contributed by atoms with E-state index in [1.165, 1.54) is 17.8 Å². The summed E-state index contributed by atoms with van der Waals surface area (Å²) in [5.41, 5.74) is 2.29. The number of carbonyl (C=O) groups is 1. The third-order valence-electron chi connectivity index (χ3n) is 6.63. The lowest BCUT2D eigenvalue weighted by molar-refractivity contribution is 0.0695. The van der Waals surface area contributed by atoms with Gasteiger partial charge in [0.15, 0.2) is 0 Å². The van der Waals surface area contributed by atoms with Crippen molar-refractivity contribution in [3.63, 3.8) is 0 Å². The molecule has 2 aliphatic rings. The van der Waals surface area contributed by atoms with Gasteiger partial charge in [0, 0.05) is 43.8 Å². The van der Waals surface area contributed by atoms with Crippen molar-refractivity contribution < 1.29 is 19.4 Å². The molecule has 1 aromatic heterocycles. The predicted octanol–water partition coefficient (Wildman–Crippen LogP) is 4.41. The number of phenolic OH excluding ortho intramolecular Hbond substituents is 1. The molecule has 7 nitrogen and oxygen atoms in total. The molecule has 0 radical (unpaired) electrons. The second-order valence-corrected chi connectivity index (χ2v) is 9.57. The van der Waals surface area contributed by atoms with Crippen LogP contribution in [-0.4, -0.2) is 46.9 Å². The average Bonchev–Trinajstić information content (AvgIpc) is 3.67. The average molecular weight is 482 g/mol. The molecule has 0 unspecified atom stereocenters. The Kier molecular flexibility index (Phi) is 7.12. The van der Waals surface area contributed by atoms with Gasteiger partial charge in [0.1, 0.15) is 17.1 Å². The molecule has 1 aliphatic heterocycles. The fourth-order valence-electron chi connectivity index (χ4n) is 4.30. The summed E-state index contributed by atoms with van der Waals surface area (Å²) in [5.74, 6) is -0.869. The fraction of sp³-hybridized carbons (Fsp3) is 0.407. The van der Waals surface area contributed by atoms with Gasteiger partial charge in [0.05, 0.1) is 11.2 Å². The number of benzene rings is 2. The largest absolute Gasteiger partial charge is 0.508 e. The first kappa shape index (κ1) is 24.7. The Morgan fingerprint density at radius 1 is 1.14 bits per heavy atom. The number of rotatable bonds is 4. The highest BCUT2D eigenvalue weighted by atomic mass is 19.1. The number of aromatic hydroxyl groups is 1. The molecule has 3 N–H and O–H groups in total. The number of hydrogen-bond acceptors (Lipinski definition) is 5. The monoisotopic (exact) mass is 481 g/mol. The van der Waals surface area contributed by atoms with Crippen molar-refractivity contribution in [1.29, 1.82) is 0 Å². The molecular weight excluding hydrogens is 449 g/mol. The number of hydrogen-bond donors (Lipinski definition) is 3. The first-order valence-corrected chi connectivity index (χ1v) is 12.0. The standard InChI is InChI=1S/C17H18FN3O3.C10H14O/c18-13-7-11-14(8-15(13)20-5-3-19-4-6-20)21(10-1-2-10)9-12(16(11)22)17(23)24;1-7(2)9-5-4-8(3)10(11)6-9/h7-10,19H,1-6H2,(H,23,24);4-7,11H,1-3H3. The number of nitrogens with zero attached hydrogens (tertiary/aromatic N) is 2. The third-order valence-corrected chi connectivity index (χ3v) is 6.63. The molecule has 5 rings (SSSR count). The molecule has 35 heavy (non-hydrogen) atoms. The van der Waals surface area contributed by atoms with Gasteiger partial charge >= 0.3 is 5.97 Å². The van der Waals surface area contributed by atoms with Crippen LogP contribution in [-0.2, 0) is 0 Å². The molecular formula is C27H32FN3O4. The van der Waals surface area contributed by atoms with Crippen LogP contribution in [0.3, 0.4) is 0 Å². The third kappa shape index (κ3) is 5.32. The van der Waals surface area contributed by atoms with Crippen LogP contribution < -0.4 is 15.6 Å². The van der Waals surface area contributed by atoms with E-state index in [9.17, 15) is 24.2 Å². The van der Waals surface area contributed by atoms with E-state index >= 15 is 0 Å². The number of anilines is 1. The topological polar surface area (TPSA) is 94.8 Å². The highest BCUT2D eigenvalue weighted by molar-refractivity contribution is 5.93. The van der Waals surface area contributed by atoms with Gasteiger partial charge in [0.25, 0.3) is 0 Å². The minimum atomic E-state index is -1.28. The number of pyridine rings is 1. The molecule has 0 spiro atoms. The maximum absolute atomic E-state index is 14.6. The number of carboxylic acids is 1. The number of halogens is 1. The van der Waals surface area contributed by atoms with E-state index in [0.717, 1.165) is 31.5 Å². The molecule has 0 bridgehead atoms. The van der Waals surface area contributed by atoms with E-state index in [-0.39, 0.29) is 17.0 Å². The molecule has 0 amide bonds. The molecule has 186 valence electrons. The molecule has 2 fully saturated rings. The molecule has 1 aliphatic carbocycles. The Bertz CT molecular complexity index is 1310. The van der Waals surface area contributed by atoms with Crippen LogP contribution >= 0.6 is 0 Å². The zero-order valence-corrected chi connectivity index (χ0v) is 20.3. The second-order valence-electron chi connectivity index (χ2n) is 9.57. The summed E-state index contributed by atoms with van der Waals surface area (Å²) in [5, 5.41) is 22.0. The normalized spacial score (nSPS) is 15.7. The van der Waals surface area contributed by atoms with Gasteiger partial charge in [-0.05, 0) is 55.0 Å². The van der Waals surface area contributed by atoms with E-state index in [4.69, 9.17) is 0 Å². The van der Waals surface area contributed by atoms with E-state index in [0.29, 0.717) is 36.0 Å². The first-order valence-electron chi connectivity index (χ1n) is 12.0. The van der Waals surface area contributed by atoms with Gasteiger partial charge in [-0.15, -0.1) is 0 Å². The Morgan fingerprint density at radius 2 is 1.83 bits per heavy atom. The van der Waals surface area contributed by atoms with Crippen LogP contribution in [0.4, 0.5) is 10.1 Å². The van der Waals surface area contributed by atoms with E-state index in [1.54, 1.807) is 6.07 Å². The van der Waals surface area contributed by atoms with Gasteiger partial charge in [-0.25, -0.2) is 9.18 Å². The molecule has 2 heterocycles. The Morgan fingerprint density at radius 3 is 2.40 bits per heavy atom. The second kappa shape index (κ2) is 10.1. The van der Waals surface area contributed by atoms with Gasteiger partial charge in [-0.2, -0.15) is 0 Å². The van der Waals surface area contributed by atoms with Crippen LogP contribution in [0.15, 0.2) is 41.3 Å². The van der Waals surface area contributed by atoms with E-state index in [1.807, 2.05) is 28.5 Å². The molecule has 1 saturated carbocycles. The lowest BCUT2D eigenvalue weighted by atomic mass is 10.0. The summed E-state index contributed by atoms with van der Waals surface area (Å²) in [4.78, 5) is 25.7. The number of carboxylic acid groups (broad SMARTS) is 1.